The van der Waals surface area contributed by atoms with Crippen molar-refractivity contribution in [3.05, 3.63) is 23.2 Å². The lowest BCUT2D eigenvalue weighted by atomic mass is 10.3. The molecule has 4 nitrogen and oxygen atoms in total. The molecule has 0 saturated carbocycles. The third-order valence-corrected chi connectivity index (χ3v) is 3.50. The molecule has 0 bridgehead atoms. The summed E-state index contributed by atoms with van der Waals surface area (Å²) in [5, 5.41) is 0.286. The molecule has 0 unspecified atom stereocenters. The molecule has 0 radical (unpaired) electrons. The van der Waals surface area contributed by atoms with Crippen LogP contribution in [-0.4, -0.2) is 28.7 Å². The summed E-state index contributed by atoms with van der Waals surface area (Å²) in [5.41, 5.74) is 0. The van der Waals surface area contributed by atoms with Gasteiger partial charge in [-0.1, -0.05) is 11.6 Å². The van der Waals surface area contributed by atoms with Crippen molar-refractivity contribution in [2.45, 2.75) is 11.3 Å². The summed E-state index contributed by atoms with van der Waals surface area (Å²) in [6.45, 7) is 0.880. The minimum atomic E-state index is -3.87. The van der Waals surface area contributed by atoms with Gasteiger partial charge in [-0.15, -0.1) is 0 Å². The molecular weight excluding hydrogens is 287 g/mol. The Balaban J connectivity index is 2.84. The molecule has 0 amide bonds. The topological polar surface area (TPSA) is 52.6 Å². The highest BCUT2D eigenvalue weighted by atomic mass is 35.7. The van der Waals surface area contributed by atoms with Crippen LogP contribution in [0.5, 0.6) is 5.75 Å². The number of halogens is 2. The molecule has 7 heteroatoms. The van der Waals surface area contributed by atoms with Crippen molar-refractivity contribution in [3.8, 4) is 5.75 Å². The highest BCUT2D eigenvalue weighted by Gasteiger charge is 2.17. The van der Waals surface area contributed by atoms with E-state index in [9.17, 15) is 8.42 Å². The molecule has 0 fully saturated rings. The van der Waals surface area contributed by atoms with Gasteiger partial charge in [-0.3, -0.25) is 0 Å². The molecule has 0 saturated heterocycles. The fraction of sp³-hybridized carbons (Fsp3) is 0.400. The maximum absolute atomic E-state index is 11.3. The summed E-state index contributed by atoms with van der Waals surface area (Å²) in [4.78, 5) is -0.121. The number of methoxy groups -OCH3 is 1. The molecule has 1 aromatic rings. The fourth-order valence-electron chi connectivity index (χ4n) is 1.18. The van der Waals surface area contributed by atoms with Gasteiger partial charge in [-0.25, -0.2) is 8.42 Å². The normalized spacial score (nSPS) is 11.5. The summed E-state index contributed by atoms with van der Waals surface area (Å²) < 4.78 is 32.8. The molecule has 0 N–H and O–H groups in total. The Morgan fingerprint density at radius 3 is 2.59 bits per heavy atom. The van der Waals surface area contributed by atoms with E-state index in [1.807, 2.05) is 0 Å². The van der Waals surface area contributed by atoms with Crippen molar-refractivity contribution in [1.82, 2.24) is 0 Å². The van der Waals surface area contributed by atoms with Crippen LogP contribution in [-0.2, 0) is 13.8 Å². The largest absolute Gasteiger partial charge is 0.492 e. The van der Waals surface area contributed by atoms with Crippen LogP contribution in [0.3, 0.4) is 0 Å². The molecule has 0 aliphatic rings. The van der Waals surface area contributed by atoms with E-state index in [0.717, 1.165) is 0 Å². The van der Waals surface area contributed by atoms with E-state index in [4.69, 9.17) is 31.8 Å². The van der Waals surface area contributed by atoms with Crippen LogP contribution in [0.2, 0.25) is 5.02 Å². The van der Waals surface area contributed by atoms with E-state index in [1.165, 1.54) is 12.1 Å². The maximum atomic E-state index is 11.3. The first-order valence-corrected chi connectivity index (χ1v) is 7.50. The zero-order valence-electron chi connectivity index (χ0n) is 9.15. The first-order chi connectivity index (χ1) is 7.95. The monoisotopic (exact) mass is 298 g/mol. The predicted molar refractivity (Wildman–Crippen MR) is 66.5 cm³/mol. The quantitative estimate of drug-likeness (QED) is 0.598. The lowest BCUT2D eigenvalue weighted by molar-refractivity contribution is 0.171. The van der Waals surface area contributed by atoms with E-state index >= 15 is 0 Å². The van der Waals surface area contributed by atoms with Gasteiger partial charge in [0.25, 0.3) is 9.05 Å². The van der Waals surface area contributed by atoms with Crippen molar-refractivity contribution in [1.29, 1.82) is 0 Å². The molecule has 0 aromatic heterocycles. The van der Waals surface area contributed by atoms with E-state index < -0.39 is 9.05 Å². The van der Waals surface area contributed by atoms with Crippen molar-refractivity contribution >= 4 is 31.3 Å². The number of rotatable bonds is 6. The van der Waals surface area contributed by atoms with Crippen molar-refractivity contribution in [2.24, 2.45) is 0 Å². The van der Waals surface area contributed by atoms with Crippen LogP contribution in [0.4, 0.5) is 0 Å². The van der Waals surface area contributed by atoms with Crippen LogP contribution in [0, 0.1) is 0 Å². The van der Waals surface area contributed by atoms with Crippen LogP contribution in [0.1, 0.15) is 6.42 Å². The maximum Gasteiger partial charge on any atom is 0.265 e. The van der Waals surface area contributed by atoms with Crippen LogP contribution >= 0.6 is 22.3 Å². The average Bonchev–Trinajstić information content (AvgIpc) is 2.25. The standard InChI is InChI=1S/C10H12Cl2O4S/c1-15-5-2-6-16-9-4-3-8(11)7-10(9)17(12,13)14/h3-4,7H,2,5-6H2,1H3. The third-order valence-electron chi connectivity index (χ3n) is 1.92. The van der Waals surface area contributed by atoms with Crippen LogP contribution in [0.25, 0.3) is 0 Å². The first kappa shape index (κ1) is 14.6. The SMILES string of the molecule is COCCCOc1ccc(Cl)cc1S(=O)(=O)Cl. The lowest BCUT2D eigenvalue weighted by Gasteiger charge is -2.09. The van der Waals surface area contributed by atoms with E-state index in [-0.39, 0.29) is 15.7 Å². The minimum absolute atomic E-state index is 0.121. The molecule has 0 aliphatic heterocycles. The minimum Gasteiger partial charge on any atom is -0.492 e. The highest BCUT2D eigenvalue weighted by Crippen LogP contribution is 2.29. The van der Waals surface area contributed by atoms with Gasteiger partial charge < -0.3 is 9.47 Å². The fourth-order valence-corrected chi connectivity index (χ4v) is 2.41. The number of hydrogen-bond donors (Lipinski definition) is 0. The molecular formula is C10H12Cl2O4S. The summed E-state index contributed by atoms with van der Waals surface area (Å²) in [7, 11) is 3.00. The number of hydrogen-bond acceptors (Lipinski definition) is 4. The first-order valence-electron chi connectivity index (χ1n) is 4.81. The third kappa shape index (κ3) is 4.71. The van der Waals surface area contributed by atoms with Gasteiger partial charge >= 0.3 is 0 Å². The Labute approximate surface area is 110 Å². The van der Waals surface area contributed by atoms with Gasteiger partial charge in [0.2, 0.25) is 0 Å². The summed E-state index contributed by atoms with van der Waals surface area (Å²) in [6, 6.07) is 4.28. The molecule has 0 aliphatic carbocycles. The van der Waals surface area contributed by atoms with Gasteiger partial charge in [0.05, 0.1) is 6.61 Å². The van der Waals surface area contributed by atoms with E-state index in [1.54, 1.807) is 13.2 Å². The Morgan fingerprint density at radius 2 is 2.00 bits per heavy atom. The number of benzene rings is 1. The second-order valence-corrected chi connectivity index (χ2v) is 6.19. The molecule has 96 valence electrons. The zero-order chi connectivity index (χ0) is 12.9. The Morgan fingerprint density at radius 1 is 1.29 bits per heavy atom. The average molecular weight is 299 g/mol. The van der Waals surface area contributed by atoms with E-state index in [2.05, 4.69) is 0 Å². The van der Waals surface area contributed by atoms with Crippen molar-refractivity contribution < 1.29 is 17.9 Å². The lowest BCUT2D eigenvalue weighted by Crippen LogP contribution is -2.04. The van der Waals surface area contributed by atoms with Crippen LogP contribution < -0.4 is 4.74 Å². The van der Waals surface area contributed by atoms with Gasteiger partial charge in [0.15, 0.2) is 0 Å². The second-order valence-electron chi connectivity index (χ2n) is 3.22. The predicted octanol–water partition coefficient (Wildman–Crippen LogP) is 2.68. The molecule has 17 heavy (non-hydrogen) atoms. The van der Waals surface area contributed by atoms with Gasteiger partial charge in [0, 0.05) is 35.8 Å². The molecule has 1 rings (SSSR count). The van der Waals surface area contributed by atoms with Gasteiger partial charge in [-0.05, 0) is 18.2 Å². The second kappa shape index (κ2) is 6.44. The molecule has 0 atom stereocenters. The molecule has 0 spiro atoms. The van der Waals surface area contributed by atoms with Crippen LogP contribution in [0.15, 0.2) is 23.1 Å². The smallest absolute Gasteiger partial charge is 0.265 e. The highest BCUT2D eigenvalue weighted by molar-refractivity contribution is 8.13. The summed E-state index contributed by atoms with van der Waals surface area (Å²) >= 11 is 5.71. The summed E-state index contributed by atoms with van der Waals surface area (Å²) in [5.74, 6) is 0.195. The van der Waals surface area contributed by atoms with Crippen molar-refractivity contribution in [2.75, 3.05) is 20.3 Å². The van der Waals surface area contributed by atoms with Crippen molar-refractivity contribution in [3.63, 3.8) is 0 Å². The van der Waals surface area contributed by atoms with Gasteiger partial charge in [-0.2, -0.15) is 0 Å². The molecule has 0 heterocycles. The Kier molecular flexibility index (Phi) is 5.52. The Bertz CT molecular complexity index is 473. The molecule has 1 aromatic carbocycles. The van der Waals surface area contributed by atoms with Gasteiger partial charge in [0.1, 0.15) is 10.6 Å². The van der Waals surface area contributed by atoms with E-state index in [0.29, 0.717) is 19.6 Å². The summed E-state index contributed by atoms with van der Waals surface area (Å²) in [6.07, 6.45) is 0.654. The number of ether oxygens (including phenoxy) is 2. The Hall–Kier alpha value is -0.490. The zero-order valence-corrected chi connectivity index (χ0v) is 11.5.